The number of hydrogen-bond acceptors (Lipinski definition) is 6. The molecule has 0 saturated heterocycles. The Morgan fingerprint density at radius 2 is 2.20 bits per heavy atom. The summed E-state index contributed by atoms with van der Waals surface area (Å²) in [6, 6.07) is 9.74. The number of allylic oxidation sites excluding steroid dienone is 1. The first-order valence-corrected chi connectivity index (χ1v) is 5.81. The van der Waals surface area contributed by atoms with Gasteiger partial charge in [-0.1, -0.05) is 41.5 Å². The molecule has 2 rings (SSSR count). The zero-order chi connectivity index (χ0) is 14.2. The van der Waals surface area contributed by atoms with Crippen molar-refractivity contribution in [3.63, 3.8) is 0 Å². The van der Waals surface area contributed by atoms with E-state index >= 15 is 0 Å². The molecule has 0 aliphatic heterocycles. The Morgan fingerprint density at radius 1 is 1.40 bits per heavy atom. The molecule has 0 aliphatic rings. The molecule has 1 aromatic heterocycles. The topological polar surface area (TPSA) is 111 Å². The minimum absolute atomic E-state index is 0.0769. The van der Waals surface area contributed by atoms with E-state index in [4.69, 9.17) is 5.73 Å². The average Bonchev–Trinajstić information content (AvgIpc) is 2.85. The summed E-state index contributed by atoms with van der Waals surface area (Å²) in [5, 5.41) is 14.1. The number of amides is 1. The van der Waals surface area contributed by atoms with Crippen LogP contribution in [0.5, 0.6) is 0 Å². The predicted octanol–water partition coefficient (Wildman–Crippen LogP) is 0.0707. The number of carbonyl (C=O) groups is 1. The highest BCUT2D eigenvalue weighted by Gasteiger charge is 2.05. The normalized spacial score (nSPS) is 11.2. The SMILES string of the molecule is Nc1nnnn1CC(=O)NN=C/C=C\c1ccccc1. The maximum atomic E-state index is 11.5. The van der Waals surface area contributed by atoms with E-state index in [9.17, 15) is 4.79 Å². The molecule has 0 atom stereocenters. The molecular formula is C12H13N7O. The van der Waals surface area contributed by atoms with Crippen molar-refractivity contribution in [2.75, 3.05) is 5.73 Å². The molecule has 0 unspecified atom stereocenters. The van der Waals surface area contributed by atoms with Crippen molar-refractivity contribution in [2.45, 2.75) is 6.54 Å². The van der Waals surface area contributed by atoms with Crippen molar-refractivity contribution in [1.82, 2.24) is 25.6 Å². The molecule has 0 fully saturated rings. The van der Waals surface area contributed by atoms with Gasteiger partial charge in [-0.2, -0.15) is 5.10 Å². The largest absolute Gasteiger partial charge is 0.367 e. The smallest absolute Gasteiger partial charge is 0.261 e. The number of nitrogen functional groups attached to an aromatic ring is 1. The maximum Gasteiger partial charge on any atom is 0.261 e. The average molecular weight is 271 g/mol. The van der Waals surface area contributed by atoms with Gasteiger partial charge < -0.3 is 5.73 Å². The molecule has 1 amide bonds. The van der Waals surface area contributed by atoms with Gasteiger partial charge in [-0.05, 0) is 22.1 Å². The minimum atomic E-state index is -0.367. The van der Waals surface area contributed by atoms with Crippen LogP contribution in [-0.4, -0.2) is 32.3 Å². The molecule has 0 radical (unpaired) electrons. The lowest BCUT2D eigenvalue weighted by molar-refractivity contribution is -0.121. The predicted molar refractivity (Wildman–Crippen MR) is 74.3 cm³/mol. The van der Waals surface area contributed by atoms with Gasteiger partial charge in [0, 0.05) is 6.21 Å². The van der Waals surface area contributed by atoms with Crippen LogP contribution >= 0.6 is 0 Å². The molecule has 0 saturated carbocycles. The quantitative estimate of drug-likeness (QED) is 0.590. The van der Waals surface area contributed by atoms with E-state index in [1.807, 2.05) is 36.4 Å². The summed E-state index contributed by atoms with van der Waals surface area (Å²) in [4.78, 5) is 11.5. The van der Waals surface area contributed by atoms with Crippen LogP contribution in [0.2, 0.25) is 0 Å². The zero-order valence-electron chi connectivity index (χ0n) is 10.5. The summed E-state index contributed by atoms with van der Waals surface area (Å²) < 4.78 is 1.17. The van der Waals surface area contributed by atoms with E-state index < -0.39 is 0 Å². The zero-order valence-corrected chi connectivity index (χ0v) is 10.5. The molecule has 20 heavy (non-hydrogen) atoms. The number of benzene rings is 1. The van der Waals surface area contributed by atoms with Gasteiger partial charge in [0.25, 0.3) is 5.91 Å². The lowest BCUT2D eigenvalue weighted by Crippen LogP contribution is -2.24. The first kappa shape index (κ1) is 13.4. The third kappa shape index (κ3) is 4.02. The van der Waals surface area contributed by atoms with Gasteiger partial charge in [0.15, 0.2) is 0 Å². The van der Waals surface area contributed by atoms with Crippen molar-refractivity contribution >= 4 is 24.1 Å². The van der Waals surface area contributed by atoms with Crippen LogP contribution in [0.1, 0.15) is 5.56 Å². The lowest BCUT2D eigenvalue weighted by atomic mass is 10.2. The van der Waals surface area contributed by atoms with Gasteiger partial charge in [-0.3, -0.25) is 4.79 Å². The Morgan fingerprint density at radius 3 is 2.90 bits per heavy atom. The number of carbonyl (C=O) groups excluding carboxylic acids is 1. The van der Waals surface area contributed by atoms with E-state index in [1.54, 1.807) is 6.08 Å². The molecular weight excluding hydrogens is 258 g/mol. The molecule has 0 spiro atoms. The minimum Gasteiger partial charge on any atom is -0.367 e. The first-order valence-electron chi connectivity index (χ1n) is 5.81. The Bertz CT molecular complexity index is 618. The summed E-state index contributed by atoms with van der Waals surface area (Å²) in [5.74, 6) is -0.290. The Labute approximate surface area is 115 Å². The number of nitrogens with one attached hydrogen (secondary N) is 1. The number of rotatable bonds is 5. The fourth-order valence-corrected chi connectivity index (χ4v) is 1.37. The van der Waals surface area contributed by atoms with E-state index in [2.05, 4.69) is 26.1 Å². The molecule has 0 aliphatic carbocycles. The molecule has 1 aromatic carbocycles. The Kier molecular flexibility index (Phi) is 4.55. The Hall–Kier alpha value is -3.03. The number of anilines is 1. The van der Waals surface area contributed by atoms with Crippen molar-refractivity contribution in [1.29, 1.82) is 0 Å². The van der Waals surface area contributed by atoms with Gasteiger partial charge in [0.05, 0.1) is 0 Å². The summed E-state index contributed by atoms with van der Waals surface area (Å²) >= 11 is 0. The summed E-state index contributed by atoms with van der Waals surface area (Å²) in [5.41, 5.74) is 8.82. The first-order chi connectivity index (χ1) is 9.75. The second kappa shape index (κ2) is 6.78. The molecule has 8 nitrogen and oxygen atoms in total. The van der Waals surface area contributed by atoms with Crippen LogP contribution in [0, 0.1) is 0 Å². The maximum absolute atomic E-state index is 11.5. The highest BCUT2D eigenvalue weighted by Crippen LogP contribution is 1.99. The summed E-state index contributed by atoms with van der Waals surface area (Å²) in [6.07, 6.45) is 5.07. The number of hydrogen-bond donors (Lipinski definition) is 2. The molecule has 0 bridgehead atoms. The van der Waals surface area contributed by atoms with Crippen LogP contribution < -0.4 is 11.2 Å². The second-order valence-electron chi connectivity index (χ2n) is 3.78. The molecule has 3 N–H and O–H groups in total. The highest BCUT2D eigenvalue weighted by atomic mass is 16.2. The van der Waals surface area contributed by atoms with Crippen molar-refractivity contribution < 1.29 is 4.79 Å². The Balaban J connectivity index is 1.77. The van der Waals surface area contributed by atoms with Crippen LogP contribution in [0.15, 0.2) is 41.5 Å². The molecule has 102 valence electrons. The van der Waals surface area contributed by atoms with Crippen LogP contribution in [-0.2, 0) is 11.3 Å². The standard InChI is InChI=1S/C12H13N7O/c13-12-16-17-18-19(12)9-11(20)15-14-8-4-7-10-5-2-1-3-6-10/h1-8H,9H2,(H,15,20)(H2,13,16,18)/b7-4-,14-8?. The van der Waals surface area contributed by atoms with Crippen molar-refractivity contribution in [3.05, 3.63) is 42.0 Å². The number of hydrazone groups is 1. The fraction of sp³-hybridized carbons (Fsp3) is 0.0833. The van der Waals surface area contributed by atoms with Gasteiger partial charge in [-0.25, -0.2) is 10.1 Å². The third-order valence-corrected chi connectivity index (χ3v) is 2.29. The molecule has 8 heteroatoms. The number of tetrazole rings is 1. The fourth-order valence-electron chi connectivity index (χ4n) is 1.37. The highest BCUT2D eigenvalue weighted by molar-refractivity contribution is 5.81. The van der Waals surface area contributed by atoms with Crippen LogP contribution in [0.25, 0.3) is 6.08 Å². The van der Waals surface area contributed by atoms with Gasteiger partial charge in [-0.15, -0.1) is 0 Å². The van der Waals surface area contributed by atoms with E-state index in [-0.39, 0.29) is 18.4 Å². The number of aromatic nitrogens is 4. The van der Waals surface area contributed by atoms with Crippen molar-refractivity contribution in [3.8, 4) is 0 Å². The molecule has 2 aromatic rings. The monoisotopic (exact) mass is 271 g/mol. The van der Waals surface area contributed by atoms with Gasteiger partial charge >= 0.3 is 0 Å². The van der Waals surface area contributed by atoms with Gasteiger partial charge in [0.2, 0.25) is 5.95 Å². The number of nitrogens with zero attached hydrogens (tertiary/aromatic N) is 5. The number of nitrogens with two attached hydrogens (primary N) is 1. The van der Waals surface area contributed by atoms with Crippen LogP contribution in [0.3, 0.4) is 0 Å². The van der Waals surface area contributed by atoms with Crippen LogP contribution in [0.4, 0.5) is 5.95 Å². The van der Waals surface area contributed by atoms with Crippen molar-refractivity contribution in [2.24, 2.45) is 5.10 Å². The summed E-state index contributed by atoms with van der Waals surface area (Å²) in [6.45, 7) is -0.0847. The lowest BCUT2D eigenvalue weighted by Gasteiger charge is -1.99. The second-order valence-corrected chi connectivity index (χ2v) is 3.78. The molecule has 1 heterocycles. The van der Waals surface area contributed by atoms with E-state index in [1.165, 1.54) is 10.9 Å². The van der Waals surface area contributed by atoms with E-state index in [0.29, 0.717) is 0 Å². The van der Waals surface area contributed by atoms with Gasteiger partial charge in [0.1, 0.15) is 6.54 Å². The van der Waals surface area contributed by atoms with E-state index in [0.717, 1.165) is 5.56 Å². The third-order valence-electron chi connectivity index (χ3n) is 2.29. The summed E-state index contributed by atoms with van der Waals surface area (Å²) in [7, 11) is 0.